The fourth-order valence-corrected chi connectivity index (χ4v) is 3.12. The van der Waals surface area contributed by atoms with E-state index in [1.165, 1.54) is 12.1 Å². The highest BCUT2D eigenvalue weighted by atomic mass is 35.5. The molecule has 7 heteroatoms. The Kier molecular flexibility index (Phi) is 4.90. The molecule has 0 radical (unpaired) electrons. The fourth-order valence-electron chi connectivity index (χ4n) is 3.00. The summed E-state index contributed by atoms with van der Waals surface area (Å²) in [7, 11) is 0. The minimum atomic E-state index is -1.26. The van der Waals surface area contributed by atoms with Gasteiger partial charge >= 0.3 is 5.97 Å². The maximum Gasteiger partial charge on any atom is 0.330 e. The van der Waals surface area contributed by atoms with Gasteiger partial charge in [-0.3, -0.25) is 9.59 Å². The normalized spacial score (nSPS) is 14.4. The molecule has 0 saturated heterocycles. The quantitative estimate of drug-likeness (QED) is 0.779. The monoisotopic (exact) mass is 360 g/mol. The van der Waals surface area contributed by atoms with E-state index in [-0.39, 0.29) is 5.56 Å². The second-order valence-electron chi connectivity index (χ2n) is 6.02. The van der Waals surface area contributed by atoms with E-state index in [1.807, 2.05) is 0 Å². The highest BCUT2D eigenvalue weighted by Gasteiger charge is 2.25. The van der Waals surface area contributed by atoms with Gasteiger partial charge in [0.1, 0.15) is 5.56 Å². The third kappa shape index (κ3) is 3.74. The summed E-state index contributed by atoms with van der Waals surface area (Å²) < 4.78 is 0. The number of carboxylic acids is 1. The number of aliphatic carboxylic acids is 1. The van der Waals surface area contributed by atoms with Gasteiger partial charge in [-0.2, -0.15) is 0 Å². The maximum absolute atomic E-state index is 12.5. The van der Waals surface area contributed by atoms with Gasteiger partial charge in [-0.1, -0.05) is 23.7 Å². The van der Waals surface area contributed by atoms with Gasteiger partial charge in [0, 0.05) is 10.7 Å². The van der Waals surface area contributed by atoms with E-state index in [9.17, 15) is 19.5 Å². The predicted octanol–water partition coefficient (Wildman–Crippen LogP) is 2.46. The zero-order valence-corrected chi connectivity index (χ0v) is 14.1. The molecule has 3 N–H and O–H groups in total. The van der Waals surface area contributed by atoms with Gasteiger partial charge in [0.15, 0.2) is 6.04 Å². The summed E-state index contributed by atoms with van der Waals surface area (Å²) in [6.07, 6.45) is 3.59. The van der Waals surface area contributed by atoms with Crippen LogP contribution in [-0.4, -0.2) is 22.0 Å². The molecule has 25 heavy (non-hydrogen) atoms. The molecule has 1 aromatic heterocycles. The van der Waals surface area contributed by atoms with Crippen molar-refractivity contribution < 1.29 is 14.7 Å². The van der Waals surface area contributed by atoms with Crippen molar-refractivity contribution in [3.63, 3.8) is 0 Å². The van der Waals surface area contributed by atoms with Crippen molar-refractivity contribution in [3.05, 3.63) is 68.1 Å². The Bertz CT molecular complexity index is 874. The molecule has 1 unspecified atom stereocenters. The number of amides is 1. The van der Waals surface area contributed by atoms with Crippen LogP contribution < -0.4 is 10.9 Å². The van der Waals surface area contributed by atoms with Crippen LogP contribution in [0.1, 0.15) is 46.1 Å². The second-order valence-corrected chi connectivity index (χ2v) is 6.46. The number of hydrogen-bond donors (Lipinski definition) is 3. The van der Waals surface area contributed by atoms with Crippen molar-refractivity contribution in [1.82, 2.24) is 10.3 Å². The Morgan fingerprint density at radius 2 is 1.84 bits per heavy atom. The first-order chi connectivity index (χ1) is 12.0. The van der Waals surface area contributed by atoms with Crippen molar-refractivity contribution in [2.24, 2.45) is 0 Å². The average Bonchev–Trinajstić information content (AvgIpc) is 2.59. The molecule has 1 aromatic carbocycles. The Balaban J connectivity index is 1.88. The van der Waals surface area contributed by atoms with Crippen LogP contribution in [-0.2, 0) is 17.6 Å². The Labute approximate surface area is 148 Å². The molecule has 1 aliphatic carbocycles. The maximum atomic E-state index is 12.5. The Morgan fingerprint density at radius 1 is 1.16 bits per heavy atom. The molecule has 2 aromatic rings. The highest BCUT2D eigenvalue weighted by Crippen LogP contribution is 2.20. The lowest BCUT2D eigenvalue weighted by Gasteiger charge is -2.18. The molecule has 1 amide bonds. The minimum Gasteiger partial charge on any atom is -0.479 e. The van der Waals surface area contributed by atoms with Gasteiger partial charge in [-0.05, 0) is 55.0 Å². The van der Waals surface area contributed by atoms with E-state index >= 15 is 0 Å². The third-order valence-corrected chi connectivity index (χ3v) is 4.56. The second kappa shape index (κ2) is 7.11. The molecule has 1 heterocycles. The van der Waals surface area contributed by atoms with Crippen LogP contribution in [0.25, 0.3) is 0 Å². The first kappa shape index (κ1) is 17.2. The lowest BCUT2D eigenvalue weighted by Crippen LogP contribution is -2.37. The van der Waals surface area contributed by atoms with Gasteiger partial charge in [0.25, 0.3) is 11.5 Å². The smallest absolute Gasteiger partial charge is 0.330 e. The summed E-state index contributed by atoms with van der Waals surface area (Å²) in [5, 5.41) is 12.3. The van der Waals surface area contributed by atoms with E-state index in [0.29, 0.717) is 10.6 Å². The summed E-state index contributed by atoms with van der Waals surface area (Å²) in [6.45, 7) is 0. The van der Waals surface area contributed by atoms with Crippen LogP contribution in [0.4, 0.5) is 0 Å². The molecule has 0 fully saturated rings. The van der Waals surface area contributed by atoms with Crippen molar-refractivity contribution in [3.8, 4) is 0 Å². The summed E-state index contributed by atoms with van der Waals surface area (Å²) >= 11 is 5.81. The van der Waals surface area contributed by atoms with E-state index in [2.05, 4.69) is 10.3 Å². The first-order valence-corrected chi connectivity index (χ1v) is 8.37. The van der Waals surface area contributed by atoms with Crippen LogP contribution in [0.2, 0.25) is 5.02 Å². The fraction of sp³-hybridized carbons (Fsp3) is 0.278. The molecular weight excluding hydrogens is 344 g/mol. The molecule has 130 valence electrons. The van der Waals surface area contributed by atoms with Crippen molar-refractivity contribution >= 4 is 23.5 Å². The number of hydrogen-bond acceptors (Lipinski definition) is 3. The zero-order valence-electron chi connectivity index (χ0n) is 13.3. The topological polar surface area (TPSA) is 99.3 Å². The number of rotatable bonds is 4. The van der Waals surface area contributed by atoms with E-state index < -0.39 is 23.5 Å². The van der Waals surface area contributed by atoms with Crippen LogP contribution in [0, 0.1) is 0 Å². The SMILES string of the molecule is O=C(NC(C(=O)O)c1ccc(Cl)cc1)c1cc2c([nH]c1=O)CCCC2. The number of carbonyl (C=O) groups is 2. The number of H-pyrrole nitrogens is 1. The lowest BCUT2D eigenvalue weighted by molar-refractivity contribution is -0.139. The lowest BCUT2D eigenvalue weighted by atomic mass is 9.95. The van der Waals surface area contributed by atoms with Crippen molar-refractivity contribution in [1.29, 1.82) is 0 Å². The number of nitrogens with one attached hydrogen (secondary N) is 2. The number of carboxylic acid groups (broad SMARTS) is 1. The zero-order chi connectivity index (χ0) is 18.0. The number of benzene rings is 1. The molecule has 0 bridgehead atoms. The number of aromatic nitrogens is 1. The summed E-state index contributed by atoms with van der Waals surface area (Å²) in [5.74, 6) is -1.93. The van der Waals surface area contributed by atoms with Crippen LogP contribution in [0.5, 0.6) is 0 Å². The molecule has 1 atom stereocenters. The van der Waals surface area contributed by atoms with Gasteiger partial charge in [-0.25, -0.2) is 4.79 Å². The number of fused-ring (bicyclic) bond motifs is 1. The van der Waals surface area contributed by atoms with Gasteiger partial charge < -0.3 is 15.4 Å². The van der Waals surface area contributed by atoms with Gasteiger partial charge in [-0.15, -0.1) is 0 Å². The van der Waals surface area contributed by atoms with E-state index in [1.54, 1.807) is 18.2 Å². The predicted molar refractivity (Wildman–Crippen MR) is 93.0 cm³/mol. The Hall–Kier alpha value is -2.60. The first-order valence-electron chi connectivity index (χ1n) is 8.00. The summed E-state index contributed by atoms with van der Waals surface area (Å²) in [4.78, 5) is 39.0. The number of aryl methyl sites for hydroxylation is 2. The molecule has 1 aliphatic rings. The Morgan fingerprint density at radius 3 is 2.52 bits per heavy atom. The molecule has 6 nitrogen and oxygen atoms in total. The molecule has 0 spiro atoms. The third-order valence-electron chi connectivity index (χ3n) is 4.31. The van der Waals surface area contributed by atoms with Crippen molar-refractivity contribution in [2.75, 3.05) is 0 Å². The van der Waals surface area contributed by atoms with E-state index in [4.69, 9.17) is 11.6 Å². The molecule has 0 aliphatic heterocycles. The highest BCUT2D eigenvalue weighted by molar-refractivity contribution is 6.30. The van der Waals surface area contributed by atoms with Gasteiger partial charge in [0.2, 0.25) is 0 Å². The average molecular weight is 361 g/mol. The summed E-state index contributed by atoms with van der Waals surface area (Å²) in [6, 6.07) is 6.45. The summed E-state index contributed by atoms with van der Waals surface area (Å²) in [5.41, 5.74) is 1.61. The van der Waals surface area contributed by atoms with Crippen LogP contribution >= 0.6 is 11.6 Å². The number of aromatic amines is 1. The van der Waals surface area contributed by atoms with Gasteiger partial charge in [0.05, 0.1) is 0 Å². The molecule has 0 saturated carbocycles. The molecule has 3 rings (SSSR count). The largest absolute Gasteiger partial charge is 0.479 e. The number of carbonyl (C=O) groups excluding carboxylic acids is 1. The van der Waals surface area contributed by atoms with Crippen molar-refractivity contribution in [2.45, 2.75) is 31.7 Å². The van der Waals surface area contributed by atoms with Crippen LogP contribution in [0.15, 0.2) is 35.1 Å². The standard InChI is InChI=1S/C18H17ClN2O4/c19-12-7-5-10(6-8-12)15(18(24)25)21-17(23)13-9-11-3-1-2-4-14(11)20-16(13)22/h5-9,15H,1-4H2,(H,20,22)(H,21,23)(H,24,25). The minimum absolute atomic E-state index is 0.0686. The number of halogens is 1. The van der Waals surface area contributed by atoms with E-state index in [0.717, 1.165) is 36.9 Å². The molecular formula is C18H17ClN2O4. The van der Waals surface area contributed by atoms with Crippen LogP contribution in [0.3, 0.4) is 0 Å². The number of pyridine rings is 1.